The summed E-state index contributed by atoms with van der Waals surface area (Å²) in [7, 11) is 0. The van der Waals surface area contributed by atoms with Gasteiger partial charge >= 0.3 is 0 Å². The number of H-pyrrole nitrogens is 1. The zero-order valence-electron chi connectivity index (χ0n) is 19.2. The number of hydrogen-bond donors (Lipinski definition) is 2. The molecular weight excluding hydrogens is 412 g/mol. The van der Waals surface area contributed by atoms with Crippen molar-refractivity contribution in [3.05, 3.63) is 23.8 Å². The summed E-state index contributed by atoms with van der Waals surface area (Å²) in [6.07, 6.45) is 20.1. The van der Waals surface area contributed by atoms with E-state index >= 15 is 0 Å². The van der Waals surface area contributed by atoms with E-state index in [1.54, 1.807) is 6.20 Å². The number of aromatic nitrogens is 5. The third kappa shape index (κ3) is 12.5. The smallest absolute Gasteiger partial charge is 0.197 e. The standard InChI is InChI=1S/C23H40N6O.ClH/c1-2-3-4-5-6-7-11-15-22(30)16-12-17-29-19-21(27-28-29)14-10-8-9-13-20-18-25-23(24)26-20;/h18-19H,2-17H2,1H3,(H3,24,25,26);1H. The first-order valence-electron chi connectivity index (χ1n) is 11.9. The summed E-state index contributed by atoms with van der Waals surface area (Å²) in [6.45, 7) is 3.01. The third-order valence-corrected chi connectivity index (χ3v) is 5.52. The molecule has 0 bridgehead atoms. The fourth-order valence-electron chi connectivity index (χ4n) is 3.71. The zero-order chi connectivity index (χ0) is 21.4. The molecule has 8 heteroatoms. The van der Waals surface area contributed by atoms with E-state index in [9.17, 15) is 4.79 Å². The fourth-order valence-corrected chi connectivity index (χ4v) is 3.71. The molecule has 7 nitrogen and oxygen atoms in total. The number of aryl methyl sites for hydroxylation is 3. The van der Waals surface area contributed by atoms with Crippen LogP contribution in [0.2, 0.25) is 0 Å². The lowest BCUT2D eigenvalue weighted by Crippen LogP contribution is -2.03. The summed E-state index contributed by atoms with van der Waals surface area (Å²) < 4.78 is 1.88. The molecule has 2 heterocycles. The number of unbranched alkanes of at least 4 members (excludes halogenated alkanes) is 8. The summed E-state index contributed by atoms with van der Waals surface area (Å²) in [4.78, 5) is 19.1. The maximum Gasteiger partial charge on any atom is 0.197 e. The molecule has 0 fully saturated rings. The van der Waals surface area contributed by atoms with Gasteiger partial charge in [-0.1, -0.05) is 57.1 Å². The predicted molar refractivity (Wildman–Crippen MR) is 128 cm³/mol. The maximum absolute atomic E-state index is 12.0. The summed E-state index contributed by atoms with van der Waals surface area (Å²) in [5, 5.41) is 8.46. The summed E-state index contributed by atoms with van der Waals surface area (Å²) in [5.41, 5.74) is 7.72. The van der Waals surface area contributed by atoms with Crippen LogP contribution < -0.4 is 5.73 Å². The molecule has 0 aromatic carbocycles. The van der Waals surface area contributed by atoms with Crippen molar-refractivity contribution < 1.29 is 4.79 Å². The lowest BCUT2D eigenvalue weighted by atomic mass is 10.1. The molecule has 0 aliphatic rings. The molecule has 0 aliphatic heterocycles. The molecule has 2 aromatic heterocycles. The number of nitrogens with two attached hydrogens (primary N) is 1. The van der Waals surface area contributed by atoms with Crippen LogP contribution in [0.15, 0.2) is 12.4 Å². The quantitative estimate of drug-likeness (QED) is 0.292. The van der Waals surface area contributed by atoms with E-state index in [4.69, 9.17) is 5.73 Å². The molecule has 31 heavy (non-hydrogen) atoms. The lowest BCUT2D eigenvalue weighted by Gasteiger charge is -2.02. The fraction of sp³-hybridized carbons (Fsp3) is 0.739. The average Bonchev–Trinajstić information content (AvgIpc) is 3.36. The number of imidazole rings is 1. The Kier molecular flexibility index (Phi) is 14.7. The number of anilines is 1. The number of rotatable bonds is 18. The number of ketones is 1. The van der Waals surface area contributed by atoms with E-state index in [0.717, 1.165) is 69.3 Å². The second kappa shape index (κ2) is 16.8. The van der Waals surface area contributed by atoms with Crippen molar-refractivity contribution in [1.82, 2.24) is 25.0 Å². The van der Waals surface area contributed by atoms with Crippen molar-refractivity contribution in [2.75, 3.05) is 5.73 Å². The van der Waals surface area contributed by atoms with Gasteiger partial charge < -0.3 is 10.7 Å². The topological polar surface area (TPSA) is 102 Å². The Morgan fingerprint density at radius 1 is 0.968 bits per heavy atom. The molecule has 2 aromatic rings. The van der Waals surface area contributed by atoms with Crippen molar-refractivity contribution >= 4 is 24.1 Å². The molecule has 0 saturated heterocycles. The molecule has 2 rings (SSSR count). The highest BCUT2D eigenvalue weighted by molar-refractivity contribution is 5.85. The van der Waals surface area contributed by atoms with Crippen LogP contribution in [0.5, 0.6) is 0 Å². The van der Waals surface area contributed by atoms with Gasteiger partial charge in [-0.3, -0.25) is 9.48 Å². The normalized spacial score (nSPS) is 10.9. The molecular formula is C23H41ClN6O. The Morgan fingerprint density at radius 3 is 2.39 bits per heavy atom. The second-order valence-electron chi connectivity index (χ2n) is 8.34. The largest absolute Gasteiger partial charge is 0.369 e. The maximum atomic E-state index is 12.0. The van der Waals surface area contributed by atoms with Crippen molar-refractivity contribution in [2.45, 2.75) is 110 Å². The molecule has 0 unspecified atom stereocenters. The Balaban J connectivity index is 0.00000480. The molecule has 0 saturated carbocycles. The van der Waals surface area contributed by atoms with Crippen LogP contribution in [0.1, 0.15) is 102 Å². The van der Waals surface area contributed by atoms with E-state index in [2.05, 4.69) is 27.2 Å². The first-order valence-corrected chi connectivity index (χ1v) is 11.9. The van der Waals surface area contributed by atoms with Crippen LogP contribution in [0.3, 0.4) is 0 Å². The third-order valence-electron chi connectivity index (χ3n) is 5.52. The first-order chi connectivity index (χ1) is 14.7. The van der Waals surface area contributed by atoms with E-state index in [1.807, 2.05) is 10.9 Å². The average molecular weight is 453 g/mol. The number of aromatic amines is 1. The van der Waals surface area contributed by atoms with Crippen molar-refractivity contribution in [2.24, 2.45) is 0 Å². The Labute approximate surface area is 193 Å². The molecule has 0 aliphatic carbocycles. The molecule has 0 radical (unpaired) electrons. The highest BCUT2D eigenvalue weighted by Gasteiger charge is 2.05. The number of halogens is 1. The second-order valence-corrected chi connectivity index (χ2v) is 8.34. The van der Waals surface area contributed by atoms with Gasteiger partial charge in [-0.05, 0) is 38.5 Å². The number of nitrogens with one attached hydrogen (secondary N) is 1. The number of carbonyl (C=O) groups is 1. The number of Topliss-reactive ketones (excluding diaryl/α,β-unsaturated/α-hetero) is 1. The van der Waals surface area contributed by atoms with Crippen LogP contribution in [0, 0.1) is 0 Å². The molecule has 0 amide bonds. The molecule has 0 atom stereocenters. The highest BCUT2D eigenvalue weighted by atomic mass is 35.5. The van der Waals surface area contributed by atoms with Crippen molar-refractivity contribution in [3.63, 3.8) is 0 Å². The first kappa shape index (κ1) is 27.1. The van der Waals surface area contributed by atoms with Gasteiger partial charge in [0.1, 0.15) is 5.78 Å². The highest BCUT2D eigenvalue weighted by Crippen LogP contribution is 2.11. The molecule has 0 spiro atoms. The minimum Gasteiger partial charge on any atom is -0.369 e. The van der Waals surface area contributed by atoms with Crippen molar-refractivity contribution in [1.29, 1.82) is 0 Å². The Hall–Kier alpha value is -1.89. The minimum atomic E-state index is 0. The van der Waals surface area contributed by atoms with Crippen LogP contribution >= 0.6 is 12.4 Å². The minimum absolute atomic E-state index is 0. The number of hydrogen-bond acceptors (Lipinski definition) is 5. The SMILES string of the molecule is CCCCCCCCCC(=O)CCCn1cc(CCCCCc2cnc(N)[nH]2)nn1.Cl. The summed E-state index contributed by atoms with van der Waals surface area (Å²) in [5.74, 6) is 0.879. The van der Waals surface area contributed by atoms with Crippen molar-refractivity contribution in [3.8, 4) is 0 Å². The number of nitrogens with zero attached hydrogens (tertiary/aromatic N) is 4. The van der Waals surface area contributed by atoms with Gasteiger partial charge in [0, 0.05) is 31.3 Å². The van der Waals surface area contributed by atoms with Gasteiger partial charge in [0.15, 0.2) is 5.95 Å². The van der Waals surface area contributed by atoms with Gasteiger partial charge in [0.25, 0.3) is 0 Å². The monoisotopic (exact) mass is 452 g/mol. The predicted octanol–water partition coefficient (Wildman–Crippen LogP) is 5.45. The van der Waals surface area contributed by atoms with Crippen LogP contribution in [0.25, 0.3) is 0 Å². The van der Waals surface area contributed by atoms with Crippen LogP contribution in [-0.4, -0.2) is 30.7 Å². The number of nitrogen functional groups attached to an aromatic ring is 1. The summed E-state index contributed by atoms with van der Waals surface area (Å²) in [6, 6.07) is 0. The zero-order valence-corrected chi connectivity index (χ0v) is 20.0. The van der Waals surface area contributed by atoms with Crippen LogP contribution in [0.4, 0.5) is 5.95 Å². The van der Waals surface area contributed by atoms with Gasteiger partial charge in [-0.2, -0.15) is 0 Å². The van der Waals surface area contributed by atoms with E-state index in [0.29, 0.717) is 18.2 Å². The van der Waals surface area contributed by atoms with Gasteiger partial charge in [-0.25, -0.2) is 4.98 Å². The van der Waals surface area contributed by atoms with Gasteiger partial charge in [-0.15, -0.1) is 17.5 Å². The van der Waals surface area contributed by atoms with Gasteiger partial charge in [0.05, 0.1) is 11.9 Å². The van der Waals surface area contributed by atoms with E-state index in [-0.39, 0.29) is 12.4 Å². The molecule has 3 N–H and O–H groups in total. The summed E-state index contributed by atoms with van der Waals surface area (Å²) >= 11 is 0. The number of carbonyl (C=O) groups excluding carboxylic acids is 1. The Morgan fingerprint density at radius 2 is 1.65 bits per heavy atom. The Bertz CT molecular complexity index is 714. The van der Waals surface area contributed by atoms with E-state index < -0.39 is 0 Å². The lowest BCUT2D eigenvalue weighted by molar-refractivity contribution is -0.119. The molecule has 176 valence electrons. The van der Waals surface area contributed by atoms with E-state index in [1.165, 1.54) is 38.5 Å². The van der Waals surface area contributed by atoms with Gasteiger partial charge in [0.2, 0.25) is 0 Å². The van der Waals surface area contributed by atoms with Crippen LogP contribution in [-0.2, 0) is 24.2 Å².